The number of nitrogens with one attached hydrogen (secondary N) is 1. The molecule has 0 saturated heterocycles. The minimum atomic E-state index is 0.211. The third-order valence-corrected chi connectivity index (χ3v) is 4.65. The van der Waals surface area contributed by atoms with E-state index in [0.29, 0.717) is 26.3 Å². The Balaban J connectivity index is 1.64. The van der Waals surface area contributed by atoms with E-state index in [2.05, 4.69) is 34.3 Å². The van der Waals surface area contributed by atoms with Gasteiger partial charge in [0.05, 0.1) is 12.8 Å². The first-order valence-electron chi connectivity index (χ1n) is 9.93. The lowest BCUT2D eigenvalue weighted by atomic mass is 10.1. The lowest BCUT2D eigenvalue weighted by Crippen LogP contribution is -2.20. The van der Waals surface area contributed by atoms with Gasteiger partial charge >= 0.3 is 0 Å². The van der Waals surface area contributed by atoms with E-state index in [1.807, 2.05) is 27.1 Å². The SMILES string of the molecule is CCOc1cc(CNCc2ccncc2OCCN(C)C)c2c(c1)CC(C)O2. The van der Waals surface area contributed by atoms with Gasteiger partial charge in [-0.3, -0.25) is 4.98 Å². The molecule has 0 fully saturated rings. The molecule has 0 saturated carbocycles. The van der Waals surface area contributed by atoms with Crippen LogP contribution < -0.4 is 19.5 Å². The molecule has 0 amide bonds. The van der Waals surface area contributed by atoms with Crippen LogP contribution in [-0.4, -0.2) is 49.8 Å². The predicted molar refractivity (Wildman–Crippen MR) is 110 cm³/mol. The minimum Gasteiger partial charge on any atom is -0.494 e. The second-order valence-electron chi connectivity index (χ2n) is 7.37. The van der Waals surface area contributed by atoms with E-state index in [-0.39, 0.29) is 6.10 Å². The van der Waals surface area contributed by atoms with Crippen LogP contribution in [0, 0.1) is 0 Å². The normalized spacial score (nSPS) is 15.4. The second kappa shape index (κ2) is 9.75. The molecule has 0 bridgehead atoms. The number of aromatic nitrogens is 1. The third kappa shape index (κ3) is 5.36. The van der Waals surface area contributed by atoms with Crippen molar-refractivity contribution in [3.8, 4) is 17.2 Å². The minimum absolute atomic E-state index is 0.211. The van der Waals surface area contributed by atoms with Gasteiger partial charge in [-0.2, -0.15) is 0 Å². The van der Waals surface area contributed by atoms with Crippen LogP contribution in [-0.2, 0) is 19.5 Å². The Morgan fingerprint density at radius 2 is 2.04 bits per heavy atom. The van der Waals surface area contributed by atoms with Crippen molar-refractivity contribution in [1.82, 2.24) is 15.2 Å². The van der Waals surface area contributed by atoms with Crippen molar-refractivity contribution in [2.24, 2.45) is 0 Å². The van der Waals surface area contributed by atoms with Crippen LogP contribution >= 0.6 is 0 Å². The summed E-state index contributed by atoms with van der Waals surface area (Å²) in [5.41, 5.74) is 3.46. The van der Waals surface area contributed by atoms with Crippen LogP contribution in [0.3, 0.4) is 0 Å². The third-order valence-electron chi connectivity index (χ3n) is 4.65. The van der Waals surface area contributed by atoms with Crippen molar-refractivity contribution < 1.29 is 14.2 Å². The lowest BCUT2D eigenvalue weighted by molar-refractivity contribution is 0.252. The lowest BCUT2D eigenvalue weighted by Gasteiger charge is -2.15. The number of likely N-dealkylation sites (N-methyl/N-ethyl adjacent to an activating group) is 1. The van der Waals surface area contributed by atoms with Crippen molar-refractivity contribution in [2.75, 3.05) is 33.9 Å². The molecule has 152 valence electrons. The Hall–Kier alpha value is -2.31. The second-order valence-corrected chi connectivity index (χ2v) is 7.37. The smallest absolute Gasteiger partial charge is 0.142 e. The van der Waals surface area contributed by atoms with E-state index >= 15 is 0 Å². The van der Waals surface area contributed by atoms with Crippen molar-refractivity contribution in [2.45, 2.75) is 39.5 Å². The first-order valence-corrected chi connectivity index (χ1v) is 9.93. The molecule has 28 heavy (non-hydrogen) atoms. The highest BCUT2D eigenvalue weighted by molar-refractivity contribution is 5.50. The molecule has 0 radical (unpaired) electrons. The fourth-order valence-electron chi connectivity index (χ4n) is 3.31. The van der Waals surface area contributed by atoms with Gasteiger partial charge in [-0.25, -0.2) is 0 Å². The Kier molecular flexibility index (Phi) is 7.12. The number of fused-ring (bicyclic) bond motifs is 1. The largest absolute Gasteiger partial charge is 0.494 e. The number of hydrogen-bond donors (Lipinski definition) is 1. The average Bonchev–Trinajstić information content (AvgIpc) is 3.03. The number of pyridine rings is 1. The molecule has 2 aromatic rings. The summed E-state index contributed by atoms with van der Waals surface area (Å²) in [6.07, 6.45) is 4.72. The molecule has 2 heterocycles. The quantitative estimate of drug-likeness (QED) is 0.678. The Bertz CT molecular complexity index is 780. The highest BCUT2D eigenvalue weighted by atomic mass is 16.5. The van der Waals surface area contributed by atoms with E-state index in [1.54, 1.807) is 12.4 Å². The van der Waals surface area contributed by atoms with Gasteiger partial charge in [0.2, 0.25) is 0 Å². The Labute approximate surface area is 167 Å². The molecule has 1 aliphatic rings. The standard InChI is InChI=1S/C22H31N3O3/c1-5-26-20-11-18-10-16(2)28-22(18)19(12-20)14-24-13-17-6-7-23-15-21(17)27-9-8-25(3)4/h6-7,11-12,15-16,24H,5,8-10,13-14H2,1-4H3. The zero-order valence-electron chi connectivity index (χ0n) is 17.3. The van der Waals surface area contributed by atoms with Gasteiger partial charge in [-0.05, 0) is 46.1 Å². The molecule has 3 rings (SSSR count). The highest BCUT2D eigenvalue weighted by Gasteiger charge is 2.23. The van der Waals surface area contributed by atoms with Gasteiger partial charge < -0.3 is 24.4 Å². The van der Waals surface area contributed by atoms with Crippen molar-refractivity contribution >= 4 is 0 Å². The van der Waals surface area contributed by atoms with Crippen LogP contribution in [0.15, 0.2) is 30.6 Å². The average molecular weight is 386 g/mol. The fraction of sp³-hybridized carbons (Fsp3) is 0.500. The van der Waals surface area contributed by atoms with Crippen LogP contribution in [0.1, 0.15) is 30.5 Å². The molecule has 1 atom stereocenters. The van der Waals surface area contributed by atoms with Crippen molar-refractivity contribution in [1.29, 1.82) is 0 Å². The van der Waals surface area contributed by atoms with Gasteiger partial charge in [-0.1, -0.05) is 0 Å². The maximum absolute atomic E-state index is 6.04. The highest BCUT2D eigenvalue weighted by Crippen LogP contribution is 2.36. The summed E-state index contributed by atoms with van der Waals surface area (Å²) in [6, 6.07) is 6.18. The van der Waals surface area contributed by atoms with E-state index in [1.165, 1.54) is 5.56 Å². The molecular formula is C22H31N3O3. The molecule has 1 unspecified atom stereocenters. The van der Waals surface area contributed by atoms with Crippen molar-refractivity contribution in [3.63, 3.8) is 0 Å². The summed E-state index contributed by atoms with van der Waals surface area (Å²) in [5, 5.41) is 3.52. The van der Waals surface area contributed by atoms with Gasteiger partial charge in [0, 0.05) is 48.9 Å². The Morgan fingerprint density at radius 3 is 2.82 bits per heavy atom. The van der Waals surface area contributed by atoms with Crippen LogP contribution in [0.2, 0.25) is 0 Å². The van der Waals surface area contributed by atoms with E-state index in [9.17, 15) is 0 Å². The molecule has 1 aromatic heterocycles. The predicted octanol–water partition coefficient (Wildman–Crippen LogP) is 3.03. The number of benzene rings is 1. The van der Waals surface area contributed by atoms with Crippen molar-refractivity contribution in [3.05, 3.63) is 47.3 Å². The molecular weight excluding hydrogens is 354 g/mol. The number of hydrogen-bond acceptors (Lipinski definition) is 6. The van der Waals surface area contributed by atoms with E-state index < -0.39 is 0 Å². The summed E-state index contributed by atoms with van der Waals surface area (Å²) in [4.78, 5) is 6.29. The summed E-state index contributed by atoms with van der Waals surface area (Å²) in [7, 11) is 4.07. The fourth-order valence-corrected chi connectivity index (χ4v) is 3.31. The van der Waals surface area contributed by atoms with Gasteiger partial charge in [0.1, 0.15) is 30.0 Å². The van der Waals surface area contributed by atoms with Gasteiger partial charge in [-0.15, -0.1) is 0 Å². The topological polar surface area (TPSA) is 55.8 Å². The summed E-state index contributed by atoms with van der Waals surface area (Å²) >= 11 is 0. The molecule has 0 aliphatic carbocycles. The zero-order valence-corrected chi connectivity index (χ0v) is 17.3. The van der Waals surface area contributed by atoms with Gasteiger partial charge in [0.25, 0.3) is 0 Å². The van der Waals surface area contributed by atoms with E-state index in [4.69, 9.17) is 14.2 Å². The van der Waals surface area contributed by atoms with Crippen LogP contribution in [0.4, 0.5) is 0 Å². The number of nitrogens with zero attached hydrogens (tertiary/aromatic N) is 2. The van der Waals surface area contributed by atoms with Gasteiger partial charge in [0.15, 0.2) is 0 Å². The molecule has 1 aromatic carbocycles. The summed E-state index contributed by atoms with van der Waals surface area (Å²) in [5.74, 6) is 2.74. The summed E-state index contributed by atoms with van der Waals surface area (Å²) in [6.45, 7) is 7.68. The number of rotatable bonds is 10. The molecule has 1 aliphatic heterocycles. The maximum Gasteiger partial charge on any atom is 0.142 e. The first kappa shape index (κ1) is 20.4. The molecule has 6 nitrogen and oxygen atoms in total. The van der Waals surface area contributed by atoms with E-state index in [0.717, 1.165) is 41.3 Å². The number of ether oxygens (including phenoxy) is 3. The van der Waals surface area contributed by atoms with Crippen LogP contribution in [0.25, 0.3) is 0 Å². The maximum atomic E-state index is 6.04. The summed E-state index contributed by atoms with van der Waals surface area (Å²) < 4.78 is 17.7. The molecule has 1 N–H and O–H groups in total. The first-order chi connectivity index (χ1) is 13.6. The van der Waals surface area contributed by atoms with Crippen LogP contribution in [0.5, 0.6) is 17.2 Å². The zero-order chi connectivity index (χ0) is 19.9. The monoisotopic (exact) mass is 385 g/mol. The Morgan fingerprint density at radius 1 is 1.21 bits per heavy atom. The molecule has 6 heteroatoms. The molecule has 0 spiro atoms.